The van der Waals surface area contributed by atoms with E-state index >= 15 is 0 Å². The summed E-state index contributed by atoms with van der Waals surface area (Å²) in [4.78, 5) is 12.6. The number of amides is 1. The molecule has 1 aromatic heterocycles. The Morgan fingerprint density at radius 3 is 2.54 bits per heavy atom. The third kappa shape index (κ3) is 4.31. The van der Waals surface area contributed by atoms with Gasteiger partial charge in [0, 0.05) is 24.0 Å². The fraction of sp³-hybridized carbons (Fsp3) is 0.474. The second-order valence-corrected chi connectivity index (χ2v) is 9.84. The molecule has 0 bridgehead atoms. The average molecular weight is 469 g/mol. The summed E-state index contributed by atoms with van der Waals surface area (Å²) < 4.78 is 29.8. The molecule has 152 valence electrons. The van der Waals surface area contributed by atoms with Crippen molar-refractivity contribution in [2.75, 3.05) is 18.4 Å². The second kappa shape index (κ2) is 8.34. The predicted molar refractivity (Wildman–Crippen MR) is 112 cm³/mol. The summed E-state index contributed by atoms with van der Waals surface area (Å²) >= 11 is 3.45. The lowest BCUT2D eigenvalue weighted by Crippen LogP contribution is -2.28. The highest BCUT2D eigenvalue weighted by Gasteiger charge is 2.32. The quantitative estimate of drug-likeness (QED) is 0.703. The minimum absolute atomic E-state index is 0.152. The number of sulfonamides is 1. The van der Waals surface area contributed by atoms with Crippen molar-refractivity contribution in [3.05, 3.63) is 39.6 Å². The minimum Gasteiger partial charge on any atom is -0.325 e. The van der Waals surface area contributed by atoms with Crippen LogP contribution in [0, 0.1) is 20.8 Å². The van der Waals surface area contributed by atoms with Crippen molar-refractivity contribution in [3.8, 4) is 0 Å². The zero-order valence-corrected chi connectivity index (χ0v) is 18.7. The van der Waals surface area contributed by atoms with E-state index < -0.39 is 10.0 Å². The van der Waals surface area contributed by atoms with E-state index in [1.807, 2.05) is 25.1 Å². The third-order valence-corrected chi connectivity index (χ3v) is 7.74. The molecule has 1 aliphatic rings. The van der Waals surface area contributed by atoms with Gasteiger partial charge in [0.1, 0.15) is 4.90 Å². The van der Waals surface area contributed by atoms with Gasteiger partial charge in [-0.2, -0.15) is 9.40 Å². The number of hydrogen-bond donors (Lipinski definition) is 1. The van der Waals surface area contributed by atoms with Crippen LogP contribution in [0.1, 0.15) is 36.2 Å². The van der Waals surface area contributed by atoms with E-state index in [-0.39, 0.29) is 17.2 Å². The van der Waals surface area contributed by atoms with Gasteiger partial charge < -0.3 is 5.32 Å². The van der Waals surface area contributed by atoms with E-state index in [1.54, 1.807) is 18.5 Å². The first kappa shape index (κ1) is 21.0. The summed E-state index contributed by atoms with van der Waals surface area (Å²) in [7, 11) is -3.53. The largest absolute Gasteiger partial charge is 0.325 e. The first-order valence-corrected chi connectivity index (χ1v) is 11.5. The predicted octanol–water partition coefficient (Wildman–Crippen LogP) is 3.38. The van der Waals surface area contributed by atoms with E-state index in [0.29, 0.717) is 36.7 Å². The number of carbonyl (C=O) groups is 1. The molecule has 1 saturated heterocycles. The van der Waals surface area contributed by atoms with Crippen molar-refractivity contribution >= 4 is 37.5 Å². The van der Waals surface area contributed by atoms with Crippen molar-refractivity contribution in [1.29, 1.82) is 0 Å². The molecule has 0 aliphatic carbocycles. The van der Waals surface area contributed by atoms with E-state index in [1.165, 1.54) is 4.31 Å². The van der Waals surface area contributed by atoms with Gasteiger partial charge in [-0.3, -0.25) is 9.48 Å². The summed E-state index contributed by atoms with van der Waals surface area (Å²) in [6, 6.07) is 5.71. The van der Waals surface area contributed by atoms with Crippen molar-refractivity contribution in [2.45, 2.75) is 51.5 Å². The third-order valence-electron chi connectivity index (χ3n) is 4.93. The van der Waals surface area contributed by atoms with Crippen LogP contribution in [0.5, 0.6) is 0 Å². The number of rotatable bonds is 6. The zero-order chi connectivity index (χ0) is 20.5. The Morgan fingerprint density at radius 2 is 1.89 bits per heavy atom. The summed E-state index contributed by atoms with van der Waals surface area (Å²) in [5, 5.41) is 7.25. The highest BCUT2D eigenvalue weighted by molar-refractivity contribution is 9.10. The van der Waals surface area contributed by atoms with Crippen LogP contribution in [0.4, 0.5) is 5.69 Å². The molecule has 0 radical (unpaired) electrons. The maximum atomic E-state index is 12.9. The molecule has 0 spiro atoms. The van der Waals surface area contributed by atoms with Crippen LogP contribution in [0.3, 0.4) is 0 Å². The topological polar surface area (TPSA) is 84.3 Å². The van der Waals surface area contributed by atoms with Gasteiger partial charge in [-0.05, 0) is 67.2 Å². The zero-order valence-electron chi connectivity index (χ0n) is 16.3. The number of nitrogens with zero attached hydrogens (tertiary/aromatic N) is 3. The van der Waals surface area contributed by atoms with Crippen molar-refractivity contribution in [1.82, 2.24) is 14.1 Å². The Balaban J connectivity index is 1.70. The monoisotopic (exact) mass is 468 g/mol. The number of nitrogens with one attached hydrogen (secondary N) is 1. The highest BCUT2D eigenvalue weighted by Crippen LogP contribution is 2.27. The van der Waals surface area contributed by atoms with E-state index in [4.69, 9.17) is 0 Å². The fourth-order valence-corrected chi connectivity index (χ4v) is 5.95. The number of aromatic nitrogens is 2. The minimum atomic E-state index is -3.53. The Bertz CT molecular complexity index is 995. The molecule has 1 fully saturated rings. The standard InChI is InChI=1S/C19H25BrN4O3S/c1-13-6-7-17(16(20)12-13)21-18(25)8-11-24-15(3)19(14(2)22-24)28(26,27)23-9-4-5-10-23/h6-7,12H,4-5,8-11H2,1-3H3,(H,21,25). The lowest BCUT2D eigenvalue weighted by molar-refractivity contribution is -0.116. The lowest BCUT2D eigenvalue weighted by atomic mass is 10.2. The molecule has 0 atom stereocenters. The second-order valence-electron chi connectivity index (χ2n) is 7.12. The number of aryl methyl sites for hydroxylation is 3. The van der Waals surface area contributed by atoms with Crippen molar-refractivity contribution < 1.29 is 13.2 Å². The Labute approximate surface area is 174 Å². The molecule has 0 saturated carbocycles. The summed E-state index contributed by atoms with van der Waals surface area (Å²) in [5.41, 5.74) is 2.86. The summed E-state index contributed by atoms with van der Waals surface area (Å²) in [5.74, 6) is -0.152. The van der Waals surface area contributed by atoms with Gasteiger partial charge in [0.05, 0.1) is 23.6 Å². The SMILES string of the molecule is Cc1ccc(NC(=O)CCn2nc(C)c(S(=O)(=O)N3CCCC3)c2C)c(Br)c1. The smallest absolute Gasteiger partial charge is 0.246 e. The molecule has 1 aromatic carbocycles. The summed E-state index contributed by atoms with van der Waals surface area (Å²) in [6.07, 6.45) is 1.98. The molecule has 1 amide bonds. The number of hydrogen-bond acceptors (Lipinski definition) is 4. The van der Waals surface area contributed by atoms with Crippen LogP contribution < -0.4 is 5.32 Å². The van der Waals surface area contributed by atoms with Gasteiger partial charge >= 0.3 is 0 Å². The van der Waals surface area contributed by atoms with Crippen LogP contribution in [-0.4, -0.2) is 41.5 Å². The van der Waals surface area contributed by atoms with Gasteiger partial charge in [-0.1, -0.05) is 6.07 Å². The van der Waals surface area contributed by atoms with Gasteiger partial charge in [-0.25, -0.2) is 8.42 Å². The molecule has 2 heterocycles. The normalized spacial score (nSPS) is 15.1. The maximum absolute atomic E-state index is 12.9. The Kier molecular flexibility index (Phi) is 6.26. The van der Waals surface area contributed by atoms with E-state index in [9.17, 15) is 13.2 Å². The van der Waals surface area contributed by atoms with E-state index in [0.717, 1.165) is 22.9 Å². The molecule has 9 heteroatoms. The number of carbonyl (C=O) groups excluding carboxylic acids is 1. The van der Waals surface area contributed by atoms with Crippen LogP contribution in [0.2, 0.25) is 0 Å². The van der Waals surface area contributed by atoms with Crippen LogP contribution >= 0.6 is 15.9 Å². The van der Waals surface area contributed by atoms with E-state index in [2.05, 4.69) is 26.3 Å². The van der Waals surface area contributed by atoms with Crippen LogP contribution in [0.25, 0.3) is 0 Å². The first-order valence-electron chi connectivity index (χ1n) is 9.30. The molecule has 2 aromatic rings. The average Bonchev–Trinajstić information content (AvgIpc) is 3.24. The molecule has 28 heavy (non-hydrogen) atoms. The highest BCUT2D eigenvalue weighted by atomic mass is 79.9. The first-order chi connectivity index (χ1) is 13.2. The fourth-order valence-electron chi connectivity index (χ4n) is 3.47. The van der Waals surface area contributed by atoms with Gasteiger partial charge in [0.25, 0.3) is 0 Å². The molecule has 0 unspecified atom stereocenters. The van der Waals surface area contributed by atoms with Gasteiger partial charge in [-0.15, -0.1) is 0 Å². The van der Waals surface area contributed by atoms with Gasteiger partial charge in [0.15, 0.2) is 0 Å². The Hall–Kier alpha value is -1.71. The van der Waals surface area contributed by atoms with Crippen molar-refractivity contribution in [2.24, 2.45) is 0 Å². The number of benzene rings is 1. The Morgan fingerprint density at radius 1 is 1.21 bits per heavy atom. The molecule has 3 rings (SSSR count). The molecule has 7 nitrogen and oxygen atoms in total. The molecular weight excluding hydrogens is 444 g/mol. The molecule has 1 aliphatic heterocycles. The van der Waals surface area contributed by atoms with Crippen LogP contribution in [-0.2, 0) is 21.4 Å². The lowest BCUT2D eigenvalue weighted by Gasteiger charge is -2.15. The van der Waals surface area contributed by atoms with Gasteiger partial charge in [0.2, 0.25) is 15.9 Å². The van der Waals surface area contributed by atoms with Crippen LogP contribution in [0.15, 0.2) is 27.6 Å². The maximum Gasteiger partial charge on any atom is 0.246 e. The number of halogens is 1. The molecule has 1 N–H and O–H groups in total. The summed E-state index contributed by atoms with van der Waals surface area (Å²) in [6.45, 7) is 6.86. The molecular formula is C19H25BrN4O3S. The number of anilines is 1. The van der Waals surface area contributed by atoms with Crippen molar-refractivity contribution in [3.63, 3.8) is 0 Å².